The molecule has 1 heterocycles. The van der Waals surface area contributed by atoms with Gasteiger partial charge < -0.3 is 5.11 Å². The summed E-state index contributed by atoms with van der Waals surface area (Å²) in [6, 6.07) is 4.23. The lowest BCUT2D eigenvalue weighted by Crippen LogP contribution is -2.53. The van der Waals surface area contributed by atoms with Crippen molar-refractivity contribution in [2.24, 2.45) is 0 Å². The summed E-state index contributed by atoms with van der Waals surface area (Å²) >= 11 is 0. The van der Waals surface area contributed by atoms with Crippen LogP contribution in [0.2, 0.25) is 0 Å². The van der Waals surface area contributed by atoms with Crippen LogP contribution in [-0.4, -0.2) is 60.9 Å². The Bertz CT molecular complexity index is 627. The van der Waals surface area contributed by atoms with Crippen LogP contribution in [0.3, 0.4) is 0 Å². The van der Waals surface area contributed by atoms with Gasteiger partial charge in [-0.1, -0.05) is 6.07 Å². The van der Waals surface area contributed by atoms with Gasteiger partial charge in [-0.3, -0.25) is 9.69 Å². The van der Waals surface area contributed by atoms with Crippen molar-refractivity contribution in [3.63, 3.8) is 0 Å². The first-order valence-electron chi connectivity index (χ1n) is 6.55. The number of hydrogen-bond donors (Lipinski definition) is 1. The number of hydrogen-bond acceptors (Lipinski definition) is 4. The van der Waals surface area contributed by atoms with E-state index in [1.54, 1.807) is 11.8 Å². The van der Waals surface area contributed by atoms with Crippen LogP contribution >= 0.6 is 0 Å². The van der Waals surface area contributed by atoms with Crippen LogP contribution in [0, 0.1) is 5.82 Å². The smallest absolute Gasteiger partial charge is 0.320 e. The summed E-state index contributed by atoms with van der Waals surface area (Å²) in [5.74, 6) is -1.54. The van der Waals surface area contributed by atoms with Gasteiger partial charge >= 0.3 is 5.97 Å². The molecule has 0 aliphatic carbocycles. The lowest BCUT2D eigenvalue weighted by Gasteiger charge is -2.35. The molecule has 1 aliphatic heterocycles. The van der Waals surface area contributed by atoms with Crippen molar-refractivity contribution in [3.05, 3.63) is 30.1 Å². The first-order chi connectivity index (χ1) is 9.82. The Morgan fingerprint density at radius 2 is 1.90 bits per heavy atom. The number of nitrogens with zero attached hydrogens (tertiary/aromatic N) is 2. The number of carboxylic acids is 1. The van der Waals surface area contributed by atoms with E-state index in [1.807, 2.05) is 0 Å². The van der Waals surface area contributed by atoms with Gasteiger partial charge in [0.05, 0.1) is 4.90 Å². The van der Waals surface area contributed by atoms with Crippen molar-refractivity contribution in [1.82, 2.24) is 9.21 Å². The molecule has 0 amide bonds. The van der Waals surface area contributed by atoms with Crippen molar-refractivity contribution < 1.29 is 22.7 Å². The Balaban J connectivity index is 2.09. The average Bonchev–Trinajstić information content (AvgIpc) is 2.46. The maximum atomic E-state index is 13.2. The lowest BCUT2D eigenvalue weighted by molar-refractivity contribution is -0.143. The third-order valence-electron chi connectivity index (χ3n) is 3.61. The quantitative estimate of drug-likeness (QED) is 0.880. The second-order valence-electron chi connectivity index (χ2n) is 4.91. The van der Waals surface area contributed by atoms with Crippen LogP contribution in [0.25, 0.3) is 0 Å². The summed E-state index contributed by atoms with van der Waals surface area (Å²) in [5.41, 5.74) is 0. The molecule has 1 aliphatic rings. The van der Waals surface area contributed by atoms with Crippen molar-refractivity contribution in [2.75, 3.05) is 26.2 Å². The molecule has 1 saturated heterocycles. The van der Waals surface area contributed by atoms with E-state index in [2.05, 4.69) is 0 Å². The number of sulfonamides is 1. The monoisotopic (exact) mass is 316 g/mol. The third kappa shape index (κ3) is 3.39. The molecular weight excluding hydrogens is 299 g/mol. The van der Waals surface area contributed by atoms with Gasteiger partial charge in [0.25, 0.3) is 0 Å². The number of carboxylic acid groups (broad SMARTS) is 1. The summed E-state index contributed by atoms with van der Waals surface area (Å²) in [6.45, 7) is 2.62. The fourth-order valence-corrected chi connectivity index (χ4v) is 3.72. The van der Waals surface area contributed by atoms with Gasteiger partial charge in [-0.15, -0.1) is 0 Å². The molecule has 0 spiro atoms. The first-order valence-corrected chi connectivity index (χ1v) is 7.99. The Hall–Kier alpha value is -1.51. The number of aliphatic carboxylic acids is 1. The van der Waals surface area contributed by atoms with Crippen LogP contribution in [0.15, 0.2) is 29.2 Å². The van der Waals surface area contributed by atoms with Gasteiger partial charge in [-0.05, 0) is 25.1 Å². The SMILES string of the molecule is CC(C(=O)O)N1CCN(S(=O)(=O)c2cccc(F)c2)CC1. The van der Waals surface area contributed by atoms with Gasteiger partial charge in [-0.25, -0.2) is 12.8 Å². The predicted octanol–water partition coefficient (Wildman–Crippen LogP) is 0.605. The zero-order valence-electron chi connectivity index (χ0n) is 11.6. The minimum atomic E-state index is -3.73. The Morgan fingerprint density at radius 1 is 1.29 bits per heavy atom. The van der Waals surface area contributed by atoms with Crippen LogP contribution in [0.5, 0.6) is 0 Å². The molecule has 1 atom stereocenters. The Morgan fingerprint density at radius 3 is 2.43 bits per heavy atom. The highest BCUT2D eigenvalue weighted by Crippen LogP contribution is 2.19. The van der Waals surface area contributed by atoms with Crippen molar-refractivity contribution >= 4 is 16.0 Å². The Labute approximate surface area is 122 Å². The number of piperazine rings is 1. The largest absolute Gasteiger partial charge is 0.480 e. The number of halogens is 1. The molecule has 0 radical (unpaired) electrons. The van der Waals surface area contributed by atoms with Gasteiger partial charge in [0.1, 0.15) is 11.9 Å². The van der Waals surface area contributed by atoms with Crippen molar-refractivity contribution in [1.29, 1.82) is 0 Å². The average molecular weight is 316 g/mol. The van der Waals surface area contributed by atoms with Gasteiger partial charge in [-0.2, -0.15) is 4.31 Å². The maximum Gasteiger partial charge on any atom is 0.320 e. The molecule has 1 aromatic rings. The molecule has 2 rings (SSSR count). The van der Waals surface area contributed by atoms with Crippen LogP contribution < -0.4 is 0 Å². The molecule has 8 heteroatoms. The highest BCUT2D eigenvalue weighted by atomic mass is 32.2. The molecule has 1 fully saturated rings. The fraction of sp³-hybridized carbons (Fsp3) is 0.462. The highest BCUT2D eigenvalue weighted by molar-refractivity contribution is 7.89. The van der Waals surface area contributed by atoms with E-state index in [9.17, 15) is 17.6 Å². The van der Waals surface area contributed by atoms with E-state index in [1.165, 1.54) is 22.5 Å². The highest BCUT2D eigenvalue weighted by Gasteiger charge is 2.31. The second kappa shape index (κ2) is 6.08. The molecule has 1 unspecified atom stereocenters. The van der Waals surface area contributed by atoms with Crippen molar-refractivity contribution in [3.8, 4) is 0 Å². The molecule has 0 bridgehead atoms. The van der Waals surface area contributed by atoms with Gasteiger partial charge in [0.15, 0.2) is 0 Å². The molecule has 0 saturated carbocycles. The molecule has 6 nitrogen and oxygen atoms in total. The zero-order valence-corrected chi connectivity index (χ0v) is 12.4. The summed E-state index contributed by atoms with van der Waals surface area (Å²) in [7, 11) is -3.73. The first kappa shape index (κ1) is 15.9. The van der Waals surface area contributed by atoms with E-state index in [0.29, 0.717) is 13.1 Å². The van der Waals surface area contributed by atoms with Gasteiger partial charge in [0.2, 0.25) is 10.0 Å². The number of benzene rings is 1. The van der Waals surface area contributed by atoms with Crippen LogP contribution in [-0.2, 0) is 14.8 Å². The molecule has 116 valence electrons. The van der Waals surface area contributed by atoms with E-state index in [-0.39, 0.29) is 18.0 Å². The Kier molecular flexibility index (Phi) is 4.60. The van der Waals surface area contributed by atoms with E-state index < -0.39 is 27.9 Å². The van der Waals surface area contributed by atoms with Gasteiger partial charge in [0, 0.05) is 26.2 Å². The molecule has 1 N–H and O–H groups in total. The maximum absolute atomic E-state index is 13.2. The summed E-state index contributed by atoms with van der Waals surface area (Å²) < 4.78 is 39.2. The molecule has 1 aromatic carbocycles. The summed E-state index contributed by atoms with van der Waals surface area (Å²) in [6.07, 6.45) is 0. The predicted molar refractivity (Wildman–Crippen MR) is 73.8 cm³/mol. The topological polar surface area (TPSA) is 77.9 Å². The molecule has 21 heavy (non-hydrogen) atoms. The standard InChI is InChI=1S/C13H17FN2O4S/c1-10(13(17)18)15-5-7-16(8-6-15)21(19,20)12-4-2-3-11(14)9-12/h2-4,9-10H,5-8H2,1H3,(H,17,18). The summed E-state index contributed by atoms with van der Waals surface area (Å²) in [4.78, 5) is 12.5. The number of carbonyl (C=O) groups is 1. The third-order valence-corrected chi connectivity index (χ3v) is 5.51. The van der Waals surface area contributed by atoms with Crippen molar-refractivity contribution in [2.45, 2.75) is 17.9 Å². The molecule has 0 aromatic heterocycles. The summed E-state index contributed by atoms with van der Waals surface area (Å²) in [5, 5.41) is 8.95. The fourth-order valence-electron chi connectivity index (χ4n) is 2.26. The second-order valence-corrected chi connectivity index (χ2v) is 6.85. The lowest BCUT2D eigenvalue weighted by atomic mass is 10.2. The number of rotatable bonds is 4. The van der Waals surface area contributed by atoms with E-state index in [0.717, 1.165) is 6.07 Å². The van der Waals surface area contributed by atoms with E-state index >= 15 is 0 Å². The minimum Gasteiger partial charge on any atom is -0.480 e. The van der Waals surface area contributed by atoms with Crippen LogP contribution in [0.1, 0.15) is 6.92 Å². The normalized spacial score (nSPS) is 19.3. The molecular formula is C13H17FN2O4S. The van der Waals surface area contributed by atoms with Crippen LogP contribution in [0.4, 0.5) is 4.39 Å². The van der Waals surface area contributed by atoms with E-state index in [4.69, 9.17) is 5.11 Å². The minimum absolute atomic E-state index is 0.0813. The zero-order chi connectivity index (χ0) is 15.6.